The SMILES string of the molecule is CC12CC(c3ccc(C4CC4)cc3)C3=C4CCC5(CC4CCC3C1CCC2=O)OCCO5. The van der Waals surface area contributed by atoms with Crippen molar-refractivity contribution < 1.29 is 14.3 Å². The van der Waals surface area contributed by atoms with Crippen molar-refractivity contribution in [2.24, 2.45) is 23.2 Å². The Labute approximate surface area is 191 Å². The third-order valence-electron chi connectivity index (χ3n) is 10.3. The molecule has 0 amide bonds. The van der Waals surface area contributed by atoms with Gasteiger partial charge in [-0.3, -0.25) is 4.79 Å². The normalized spacial score (nSPS) is 40.3. The van der Waals surface area contributed by atoms with Crippen molar-refractivity contribution in [1.29, 1.82) is 0 Å². The second-order valence-corrected chi connectivity index (χ2v) is 11.9. The fourth-order valence-corrected chi connectivity index (χ4v) is 8.48. The summed E-state index contributed by atoms with van der Waals surface area (Å²) in [7, 11) is 0. The smallest absolute Gasteiger partial charge is 0.169 e. The number of ketones is 1. The van der Waals surface area contributed by atoms with Crippen LogP contribution in [0.1, 0.15) is 94.1 Å². The van der Waals surface area contributed by atoms with Crippen LogP contribution in [0, 0.1) is 23.2 Å². The van der Waals surface area contributed by atoms with E-state index in [0.717, 1.165) is 57.7 Å². The molecule has 170 valence electrons. The lowest BCUT2D eigenvalue weighted by Crippen LogP contribution is -2.46. The van der Waals surface area contributed by atoms with Crippen LogP contribution in [-0.2, 0) is 14.3 Å². The van der Waals surface area contributed by atoms with Crippen molar-refractivity contribution >= 4 is 5.78 Å². The van der Waals surface area contributed by atoms with Gasteiger partial charge in [-0.2, -0.15) is 0 Å². The van der Waals surface area contributed by atoms with Crippen LogP contribution in [0.2, 0.25) is 0 Å². The Morgan fingerprint density at radius 2 is 1.56 bits per heavy atom. The Kier molecular flexibility index (Phi) is 4.38. The molecule has 1 aliphatic heterocycles. The molecular weight excluding hydrogens is 396 g/mol. The average Bonchev–Trinajstić information content (AvgIpc) is 3.50. The van der Waals surface area contributed by atoms with E-state index in [0.29, 0.717) is 29.5 Å². The van der Waals surface area contributed by atoms with E-state index in [9.17, 15) is 4.79 Å². The summed E-state index contributed by atoms with van der Waals surface area (Å²) in [6.45, 7) is 3.81. The van der Waals surface area contributed by atoms with Gasteiger partial charge in [0, 0.05) is 30.6 Å². The quantitative estimate of drug-likeness (QED) is 0.516. The highest BCUT2D eigenvalue weighted by atomic mass is 16.7. The van der Waals surface area contributed by atoms with E-state index >= 15 is 0 Å². The van der Waals surface area contributed by atoms with Crippen molar-refractivity contribution in [1.82, 2.24) is 0 Å². The molecule has 0 N–H and O–H groups in total. The van der Waals surface area contributed by atoms with Gasteiger partial charge in [-0.1, -0.05) is 42.3 Å². The highest BCUT2D eigenvalue weighted by Crippen LogP contribution is 2.64. The molecule has 5 atom stereocenters. The van der Waals surface area contributed by atoms with Crippen molar-refractivity contribution in [3.8, 4) is 0 Å². The summed E-state index contributed by atoms with van der Waals surface area (Å²) in [6.07, 6.45) is 11.2. The van der Waals surface area contributed by atoms with E-state index in [2.05, 4.69) is 31.2 Å². The molecule has 1 saturated heterocycles. The molecule has 0 aromatic heterocycles. The van der Waals surface area contributed by atoms with Crippen LogP contribution >= 0.6 is 0 Å². The van der Waals surface area contributed by atoms with E-state index in [-0.39, 0.29) is 11.2 Å². The van der Waals surface area contributed by atoms with Gasteiger partial charge in [0.2, 0.25) is 0 Å². The zero-order valence-corrected chi connectivity index (χ0v) is 19.4. The molecular formula is C29H36O3. The average molecular weight is 433 g/mol. The molecule has 0 bridgehead atoms. The molecule has 5 aliphatic carbocycles. The second-order valence-electron chi connectivity index (χ2n) is 11.9. The van der Waals surface area contributed by atoms with Gasteiger partial charge in [-0.25, -0.2) is 0 Å². The molecule has 6 aliphatic rings. The fourth-order valence-electron chi connectivity index (χ4n) is 8.48. The van der Waals surface area contributed by atoms with Gasteiger partial charge in [0.15, 0.2) is 5.79 Å². The Balaban J connectivity index is 1.30. The summed E-state index contributed by atoms with van der Waals surface area (Å²) in [5.74, 6) is 3.17. The fraction of sp³-hybridized carbons (Fsp3) is 0.690. The van der Waals surface area contributed by atoms with Gasteiger partial charge in [-0.05, 0) is 79.7 Å². The van der Waals surface area contributed by atoms with Crippen LogP contribution in [0.15, 0.2) is 35.4 Å². The zero-order chi connectivity index (χ0) is 21.5. The van der Waals surface area contributed by atoms with Crippen LogP contribution in [-0.4, -0.2) is 24.8 Å². The number of hydrogen-bond donors (Lipinski definition) is 0. The summed E-state index contributed by atoms with van der Waals surface area (Å²) >= 11 is 0. The lowest BCUT2D eigenvalue weighted by molar-refractivity contribution is -0.181. The van der Waals surface area contributed by atoms with Gasteiger partial charge < -0.3 is 9.47 Å². The Hall–Kier alpha value is -1.45. The molecule has 4 saturated carbocycles. The van der Waals surface area contributed by atoms with E-state index in [1.54, 1.807) is 11.1 Å². The van der Waals surface area contributed by atoms with Gasteiger partial charge in [0.25, 0.3) is 0 Å². The van der Waals surface area contributed by atoms with Gasteiger partial charge in [-0.15, -0.1) is 0 Å². The minimum absolute atomic E-state index is 0.130. The predicted molar refractivity (Wildman–Crippen MR) is 123 cm³/mol. The number of carbonyl (C=O) groups is 1. The molecule has 32 heavy (non-hydrogen) atoms. The Morgan fingerprint density at radius 3 is 2.31 bits per heavy atom. The third kappa shape index (κ3) is 2.89. The number of Topliss-reactive ketones (excluding diaryl/α,β-unsaturated/α-hetero) is 1. The maximum absolute atomic E-state index is 13.1. The first-order chi connectivity index (χ1) is 15.6. The van der Waals surface area contributed by atoms with Crippen molar-refractivity contribution in [3.05, 3.63) is 46.5 Å². The van der Waals surface area contributed by atoms with Crippen LogP contribution in [0.5, 0.6) is 0 Å². The van der Waals surface area contributed by atoms with Crippen LogP contribution in [0.3, 0.4) is 0 Å². The number of carbonyl (C=O) groups excluding carboxylic acids is 1. The van der Waals surface area contributed by atoms with Crippen LogP contribution in [0.4, 0.5) is 0 Å². The molecule has 3 heteroatoms. The summed E-state index contributed by atoms with van der Waals surface area (Å²) in [5, 5.41) is 0. The number of ether oxygens (including phenoxy) is 2. The molecule has 3 nitrogen and oxygen atoms in total. The Morgan fingerprint density at radius 1 is 0.844 bits per heavy atom. The van der Waals surface area contributed by atoms with Crippen LogP contribution < -0.4 is 0 Å². The summed E-state index contributed by atoms with van der Waals surface area (Å²) < 4.78 is 12.3. The predicted octanol–water partition coefficient (Wildman–Crippen LogP) is 6.29. The summed E-state index contributed by atoms with van der Waals surface area (Å²) in [6, 6.07) is 9.58. The first-order valence-corrected chi connectivity index (χ1v) is 13.2. The maximum atomic E-state index is 13.1. The topological polar surface area (TPSA) is 35.5 Å². The molecule has 1 spiro atoms. The monoisotopic (exact) mass is 432 g/mol. The number of allylic oxidation sites excluding steroid dienone is 2. The lowest BCUT2D eigenvalue weighted by Gasteiger charge is -2.52. The number of hydrogen-bond acceptors (Lipinski definition) is 3. The standard InChI is InChI=1S/C29H36O3/c1-28-17-24(20-6-4-19(5-7-20)18-2-3-18)27-22-12-13-29(31-14-15-32-29)16-21(22)8-9-23(27)25(28)10-11-26(28)30/h4-7,18,21,23-25H,2-3,8-17H2,1H3. The summed E-state index contributed by atoms with van der Waals surface area (Å²) in [5.41, 5.74) is 6.30. The zero-order valence-electron chi connectivity index (χ0n) is 19.4. The highest BCUT2D eigenvalue weighted by molar-refractivity contribution is 5.87. The number of benzene rings is 1. The van der Waals surface area contributed by atoms with Crippen molar-refractivity contribution in [2.45, 2.75) is 88.8 Å². The Bertz CT molecular complexity index is 965. The van der Waals surface area contributed by atoms with Gasteiger partial charge in [0.05, 0.1) is 13.2 Å². The van der Waals surface area contributed by atoms with E-state index in [4.69, 9.17) is 9.47 Å². The molecule has 1 heterocycles. The summed E-state index contributed by atoms with van der Waals surface area (Å²) in [4.78, 5) is 13.1. The van der Waals surface area contributed by atoms with Gasteiger partial charge >= 0.3 is 0 Å². The van der Waals surface area contributed by atoms with E-state index < -0.39 is 0 Å². The molecule has 1 aromatic carbocycles. The molecule has 0 radical (unpaired) electrons. The molecule has 5 fully saturated rings. The second kappa shape index (κ2) is 7.03. The van der Waals surface area contributed by atoms with Crippen molar-refractivity contribution in [3.63, 3.8) is 0 Å². The minimum atomic E-state index is -0.310. The molecule has 5 unspecified atom stereocenters. The number of fused-ring (bicyclic) bond motifs is 4. The van der Waals surface area contributed by atoms with E-state index in [1.165, 1.54) is 36.8 Å². The lowest BCUT2D eigenvalue weighted by atomic mass is 9.52. The van der Waals surface area contributed by atoms with Crippen molar-refractivity contribution in [2.75, 3.05) is 13.2 Å². The third-order valence-corrected chi connectivity index (χ3v) is 10.3. The first kappa shape index (κ1) is 20.0. The molecule has 1 aromatic rings. The highest BCUT2D eigenvalue weighted by Gasteiger charge is 2.57. The van der Waals surface area contributed by atoms with Gasteiger partial charge in [0.1, 0.15) is 5.78 Å². The van der Waals surface area contributed by atoms with Crippen LogP contribution in [0.25, 0.3) is 0 Å². The number of rotatable bonds is 2. The minimum Gasteiger partial charge on any atom is -0.348 e. The maximum Gasteiger partial charge on any atom is 0.169 e. The largest absolute Gasteiger partial charge is 0.348 e. The van der Waals surface area contributed by atoms with E-state index in [1.807, 2.05) is 0 Å². The molecule has 7 rings (SSSR count). The first-order valence-electron chi connectivity index (χ1n) is 13.2.